The number of piperazine rings is 1. The fraction of sp³-hybridized carbons (Fsp3) is 0.486. The van der Waals surface area contributed by atoms with Gasteiger partial charge in [-0.2, -0.15) is 0 Å². The zero-order valence-electron chi connectivity index (χ0n) is 26.2. The van der Waals surface area contributed by atoms with Crippen LogP contribution in [0.5, 0.6) is 0 Å². The summed E-state index contributed by atoms with van der Waals surface area (Å²) in [6.45, 7) is 15.4. The molecule has 1 unspecified atom stereocenters. The maximum absolute atomic E-state index is 13.5. The van der Waals surface area contributed by atoms with Gasteiger partial charge in [0, 0.05) is 61.1 Å². The van der Waals surface area contributed by atoms with E-state index in [0.29, 0.717) is 5.92 Å². The highest BCUT2D eigenvalue weighted by molar-refractivity contribution is 7.19. The number of hydrogen-bond acceptors (Lipinski definition) is 6. The molecule has 0 spiro atoms. The second kappa shape index (κ2) is 12.3. The van der Waals surface area contributed by atoms with Crippen LogP contribution in [0.4, 0.5) is 5.95 Å². The minimum Gasteiger partial charge on any atom is -0.346 e. The Morgan fingerprint density at radius 2 is 1.79 bits per heavy atom. The number of anilines is 1. The Hall–Kier alpha value is -3.36. The Bertz CT molecular complexity index is 1610. The van der Waals surface area contributed by atoms with Crippen LogP contribution in [-0.4, -0.2) is 64.2 Å². The summed E-state index contributed by atoms with van der Waals surface area (Å²) in [7, 11) is 0. The van der Waals surface area contributed by atoms with Crippen molar-refractivity contribution in [3.8, 4) is 11.3 Å². The number of aryl methyl sites for hydroxylation is 2. The highest BCUT2D eigenvalue weighted by Crippen LogP contribution is 2.41. The van der Waals surface area contributed by atoms with Crippen molar-refractivity contribution in [2.75, 3.05) is 37.6 Å². The molecule has 1 amide bonds. The summed E-state index contributed by atoms with van der Waals surface area (Å²) in [5.41, 5.74) is 6.77. The Morgan fingerprint density at radius 1 is 1.07 bits per heavy atom. The standard InChI is InChI=1S/C35H44N6OS/c1-6-8-25-9-10-29(25)38-33(42)35(4,5)30-22-28-27(31(39-32(28)43-30)26-20-23(2)19-24(3)21-26)11-14-40-15-17-41(18-16-40)34-36-12-7-13-37-34/h7,12-13,19-22,25,39H,6,8-11,14-18H2,1-5H3. The average molecular weight is 597 g/mol. The van der Waals surface area contributed by atoms with E-state index in [0.717, 1.165) is 79.8 Å². The van der Waals surface area contributed by atoms with Crippen molar-refractivity contribution in [1.29, 1.82) is 0 Å². The number of carbonyl (C=O) groups is 1. The minimum atomic E-state index is -0.656. The number of rotatable bonds is 9. The fourth-order valence-corrected chi connectivity index (χ4v) is 7.70. The molecule has 1 atom stereocenters. The van der Waals surface area contributed by atoms with Gasteiger partial charge in [0.25, 0.3) is 5.91 Å². The molecule has 4 aromatic rings. The van der Waals surface area contributed by atoms with Crippen LogP contribution >= 0.6 is 11.3 Å². The maximum Gasteiger partial charge on any atom is 0.256 e. The summed E-state index contributed by atoms with van der Waals surface area (Å²) >= 11 is 1.71. The minimum absolute atomic E-state index is 0.0106. The quantitative estimate of drug-likeness (QED) is 0.223. The van der Waals surface area contributed by atoms with Crippen molar-refractivity contribution in [2.45, 2.75) is 72.1 Å². The van der Waals surface area contributed by atoms with E-state index in [-0.39, 0.29) is 5.91 Å². The lowest BCUT2D eigenvalue weighted by Crippen LogP contribution is -2.47. The van der Waals surface area contributed by atoms with E-state index < -0.39 is 5.41 Å². The molecule has 6 rings (SSSR count). The Balaban J connectivity index is 1.26. The van der Waals surface area contributed by atoms with Gasteiger partial charge in [0.15, 0.2) is 0 Å². The monoisotopic (exact) mass is 596 g/mol. The number of fused-ring (bicyclic) bond motifs is 1. The van der Waals surface area contributed by atoms with E-state index >= 15 is 0 Å². The van der Waals surface area contributed by atoms with E-state index in [1.54, 1.807) is 11.3 Å². The molecule has 4 heterocycles. The van der Waals surface area contributed by atoms with Gasteiger partial charge in [0.1, 0.15) is 4.83 Å². The topological polar surface area (TPSA) is 77.5 Å². The number of H-pyrrole nitrogens is 1. The van der Waals surface area contributed by atoms with Gasteiger partial charge in [0.05, 0.1) is 11.1 Å². The highest BCUT2D eigenvalue weighted by atomic mass is 32.1. The van der Waals surface area contributed by atoms with E-state index in [1.165, 1.54) is 39.8 Å². The molecule has 0 radical (unpaired) electrons. The van der Waals surface area contributed by atoms with Crippen LogP contribution in [-0.2, 0) is 16.6 Å². The van der Waals surface area contributed by atoms with Crippen molar-refractivity contribution < 1.29 is 4.79 Å². The molecule has 1 N–H and O–H groups in total. The van der Waals surface area contributed by atoms with E-state index in [4.69, 9.17) is 0 Å². The van der Waals surface area contributed by atoms with E-state index in [9.17, 15) is 4.79 Å². The molecule has 2 aliphatic rings. The zero-order chi connectivity index (χ0) is 30.1. The molecular formula is C35H44N6OS. The lowest BCUT2D eigenvalue weighted by molar-refractivity contribution is -0.122. The van der Waals surface area contributed by atoms with Gasteiger partial charge in [-0.05, 0) is 94.7 Å². The van der Waals surface area contributed by atoms with Gasteiger partial charge in [-0.25, -0.2) is 15.0 Å². The fourth-order valence-electron chi connectivity index (χ4n) is 6.52. The Kier molecular flexibility index (Phi) is 8.51. The lowest BCUT2D eigenvalue weighted by atomic mass is 9.79. The molecule has 1 aliphatic heterocycles. The number of nitrogens with one attached hydrogen (secondary N) is 1. The molecule has 3 aromatic heterocycles. The highest BCUT2D eigenvalue weighted by Gasteiger charge is 2.35. The molecule has 1 saturated heterocycles. The number of aromatic nitrogens is 3. The molecule has 1 aromatic carbocycles. The molecule has 2 fully saturated rings. The van der Waals surface area contributed by atoms with E-state index in [2.05, 4.69) is 74.8 Å². The van der Waals surface area contributed by atoms with Crippen molar-refractivity contribution in [3.63, 3.8) is 0 Å². The predicted octanol–water partition coefficient (Wildman–Crippen LogP) is 7.12. The van der Waals surface area contributed by atoms with Crippen LogP contribution in [0.25, 0.3) is 21.5 Å². The summed E-state index contributed by atoms with van der Waals surface area (Å²) in [6.07, 6.45) is 8.97. The normalized spacial score (nSPS) is 18.9. The summed E-state index contributed by atoms with van der Waals surface area (Å²) in [5.74, 6) is 1.30. The van der Waals surface area contributed by atoms with Crippen LogP contribution in [0.2, 0.25) is 0 Å². The first-order valence-corrected chi connectivity index (χ1v) is 16.6. The van der Waals surface area contributed by atoms with Gasteiger partial charge >= 0.3 is 0 Å². The van der Waals surface area contributed by atoms with Gasteiger partial charge in [-0.3, -0.25) is 9.69 Å². The SMILES string of the molecule is CCCC1CCC1=NC(=O)C(C)(C)c1cc2c(CCN3CCN(c4ncccn4)CC3)c(-c3cc(C)cc(C)c3)[nH]c2s1. The Labute approximate surface area is 259 Å². The van der Waals surface area contributed by atoms with Gasteiger partial charge in [0.2, 0.25) is 5.95 Å². The molecule has 0 bridgehead atoms. The number of thiophene rings is 1. The second-order valence-electron chi connectivity index (χ2n) is 12.9. The third-order valence-electron chi connectivity index (χ3n) is 9.25. The molecule has 43 heavy (non-hydrogen) atoms. The first kappa shape index (κ1) is 29.7. The smallest absolute Gasteiger partial charge is 0.256 e. The summed E-state index contributed by atoms with van der Waals surface area (Å²) in [6, 6.07) is 10.9. The Morgan fingerprint density at radius 3 is 2.44 bits per heavy atom. The van der Waals surface area contributed by atoms with E-state index in [1.807, 2.05) is 32.3 Å². The molecule has 1 aliphatic carbocycles. The van der Waals surface area contributed by atoms with Crippen molar-refractivity contribution in [1.82, 2.24) is 19.9 Å². The first-order chi connectivity index (χ1) is 20.7. The van der Waals surface area contributed by atoms with Crippen molar-refractivity contribution in [3.05, 3.63) is 64.3 Å². The molecular weight excluding hydrogens is 552 g/mol. The maximum atomic E-state index is 13.5. The van der Waals surface area contributed by atoms with Gasteiger partial charge in [-0.15, -0.1) is 11.3 Å². The van der Waals surface area contributed by atoms with Crippen LogP contribution in [0.3, 0.4) is 0 Å². The second-order valence-corrected chi connectivity index (χ2v) is 13.9. The third kappa shape index (κ3) is 6.18. The number of aliphatic imine (C=N–C) groups is 1. The molecule has 226 valence electrons. The van der Waals surface area contributed by atoms with Crippen LogP contribution in [0, 0.1) is 19.8 Å². The largest absolute Gasteiger partial charge is 0.346 e. The van der Waals surface area contributed by atoms with Crippen molar-refractivity contribution in [2.24, 2.45) is 10.9 Å². The number of aromatic amines is 1. The zero-order valence-corrected chi connectivity index (χ0v) is 27.1. The number of nitrogens with zero attached hydrogens (tertiary/aromatic N) is 5. The number of benzene rings is 1. The third-order valence-corrected chi connectivity index (χ3v) is 10.6. The molecule has 1 saturated carbocycles. The predicted molar refractivity (Wildman–Crippen MR) is 179 cm³/mol. The molecule has 7 nitrogen and oxygen atoms in total. The number of amides is 1. The molecule has 8 heteroatoms. The van der Waals surface area contributed by atoms with Crippen LogP contribution in [0.1, 0.15) is 68.0 Å². The summed E-state index contributed by atoms with van der Waals surface area (Å²) in [5, 5.41) is 1.24. The van der Waals surface area contributed by atoms with Crippen LogP contribution < -0.4 is 4.90 Å². The summed E-state index contributed by atoms with van der Waals surface area (Å²) in [4.78, 5) is 37.9. The summed E-state index contributed by atoms with van der Waals surface area (Å²) < 4.78 is 0. The first-order valence-electron chi connectivity index (χ1n) is 15.8. The van der Waals surface area contributed by atoms with Crippen molar-refractivity contribution >= 4 is 39.1 Å². The van der Waals surface area contributed by atoms with Gasteiger partial charge < -0.3 is 9.88 Å². The number of hydrogen-bond donors (Lipinski definition) is 1. The lowest BCUT2D eigenvalue weighted by Gasteiger charge is -2.34. The van der Waals surface area contributed by atoms with Crippen LogP contribution in [0.15, 0.2) is 47.7 Å². The number of carbonyl (C=O) groups excluding carboxylic acids is 1. The van der Waals surface area contributed by atoms with Gasteiger partial charge in [-0.1, -0.05) is 30.5 Å². The average Bonchev–Trinajstić information content (AvgIpc) is 3.56.